The molecule has 1 heterocycles. The predicted molar refractivity (Wildman–Crippen MR) is 124 cm³/mol. The molecule has 8 nitrogen and oxygen atoms in total. The molecule has 1 aliphatic rings. The molecule has 0 atom stereocenters. The Hall–Kier alpha value is -2.98. The van der Waals surface area contributed by atoms with Crippen molar-refractivity contribution in [3.8, 4) is 0 Å². The van der Waals surface area contributed by atoms with E-state index >= 15 is 0 Å². The Morgan fingerprint density at radius 2 is 1.64 bits per heavy atom. The van der Waals surface area contributed by atoms with Gasteiger partial charge in [0.25, 0.3) is 5.91 Å². The molecule has 10 heteroatoms. The monoisotopic (exact) mass is 476 g/mol. The van der Waals surface area contributed by atoms with Gasteiger partial charge in [-0.1, -0.05) is 6.07 Å². The van der Waals surface area contributed by atoms with Gasteiger partial charge in [-0.2, -0.15) is 4.31 Å². The van der Waals surface area contributed by atoms with Crippen LogP contribution in [0.4, 0.5) is 10.1 Å². The molecule has 0 bridgehead atoms. The number of benzene rings is 2. The summed E-state index contributed by atoms with van der Waals surface area (Å²) in [6, 6.07) is 11.7. The minimum absolute atomic E-state index is 0.0458. The Labute approximate surface area is 193 Å². The van der Waals surface area contributed by atoms with Gasteiger partial charge in [0.15, 0.2) is 0 Å². The van der Waals surface area contributed by atoms with Gasteiger partial charge in [0.05, 0.1) is 11.4 Å². The lowest BCUT2D eigenvalue weighted by molar-refractivity contribution is -0.130. The van der Waals surface area contributed by atoms with Crippen molar-refractivity contribution >= 4 is 27.5 Å². The zero-order valence-electron chi connectivity index (χ0n) is 19.0. The van der Waals surface area contributed by atoms with Crippen molar-refractivity contribution in [2.45, 2.75) is 31.2 Å². The highest BCUT2D eigenvalue weighted by Crippen LogP contribution is 2.19. The number of anilines is 1. The maximum absolute atomic E-state index is 13.4. The molecule has 0 unspecified atom stereocenters. The van der Waals surface area contributed by atoms with Crippen LogP contribution in [0.1, 0.15) is 31.1 Å². The number of carbonyl (C=O) groups is 2. The second-order valence-corrected chi connectivity index (χ2v) is 10.8. The van der Waals surface area contributed by atoms with Crippen LogP contribution in [0.15, 0.2) is 53.4 Å². The predicted octanol–water partition coefficient (Wildman–Crippen LogP) is 2.30. The number of hydrogen-bond acceptors (Lipinski definition) is 5. The van der Waals surface area contributed by atoms with E-state index in [2.05, 4.69) is 10.6 Å². The van der Waals surface area contributed by atoms with Crippen molar-refractivity contribution in [1.29, 1.82) is 0 Å². The van der Waals surface area contributed by atoms with E-state index in [1.54, 1.807) is 29.2 Å². The summed E-state index contributed by atoms with van der Waals surface area (Å²) in [4.78, 5) is 26.2. The molecule has 2 amide bonds. The first-order valence-corrected chi connectivity index (χ1v) is 12.1. The van der Waals surface area contributed by atoms with Crippen molar-refractivity contribution in [2.75, 3.05) is 38.0 Å². The minimum Gasteiger partial charge on any atom is -0.376 e. The first-order valence-electron chi connectivity index (χ1n) is 10.7. The number of carbonyl (C=O) groups excluding carboxylic acids is 2. The summed E-state index contributed by atoms with van der Waals surface area (Å²) < 4.78 is 40.1. The first kappa shape index (κ1) is 24.7. The van der Waals surface area contributed by atoms with Gasteiger partial charge in [-0.15, -0.1) is 0 Å². The highest BCUT2D eigenvalue weighted by Gasteiger charge is 2.30. The number of hydrogen-bond donors (Lipinski definition) is 2. The summed E-state index contributed by atoms with van der Waals surface area (Å²) in [5, 5.41) is 5.92. The van der Waals surface area contributed by atoms with E-state index in [9.17, 15) is 22.4 Å². The second-order valence-electron chi connectivity index (χ2n) is 8.88. The molecular formula is C23H29FN4O4S. The van der Waals surface area contributed by atoms with Gasteiger partial charge in [0.1, 0.15) is 5.82 Å². The third-order valence-electron chi connectivity index (χ3n) is 5.10. The van der Waals surface area contributed by atoms with E-state index in [1.807, 2.05) is 20.8 Å². The lowest BCUT2D eigenvalue weighted by Gasteiger charge is -2.34. The van der Waals surface area contributed by atoms with Gasteiger partial charge < -0.3 is 15.5 Å². The Morgan fingerprint density at radius 1 is 1.00 bits per heavy atom. The summed E-state index contributed by atoms with van der Waals surface area (Å²) in [5.74, 6) is -0.942. The SMILES string of the molecule is CC(C)(C)NC(=O)c1ccc(NCC(=O)N2CCN(S(=O)(=O)c3cccc(F)c3)CC2)cc1. The molecule has 1 aliphatic heterocycles. The normalized spacial score (nSPS) is 15.2. The molecule has 178 valence electrons. The summed E-state index contributed by atoms with van der Waals surface area (Å²) in [6.45, 7) is 6.55. The van der Waals surface area contributed by atoms with Gasteiger partial charge in [-0.25, -0.2) is 12.8 Å². The third kappa shape index (κ3) is 6.52. The van der Waals surface area contributed by atoms with Crippen molar-refractivity contribution in [2.24, 2.45) is 0 Å². The Balaban J connectivity index is 1.50. The molecule has 2 aromatic carbocycles. The second kappa shape index (κ2) is 9.88. The van der Waals surface area contributed by atoms with Crippen molar-refractivity contribution in [3.63, 3.8) is 0 Å². The molecule has 1 fully saturated rings. The Bertz CT molecular complexity index is 1110. The fraction of sp³-hybridized carbons (Fsp3) is 0.391. The van der Waals surface area contributed by atoms with Gasteiger partial charge >= 0.3 is 0 Å². The number of sulfonamides is 1. The highest BCUT2D eigenvalue weighted by molar-refractivity contribution is 7.89. The molecule has 33 heavy (non-hydrogen) atoms. The van der Waals surface area contributed by atoms with Gasteiger partial charge in [0, 0.05) is 43.0 Å². The summed E-state index contributed by atoms with van der Waals surface area (Å²) in [6.07, 6.45) is 0. The average Bonchev–Trinajstić information content (AvgIpc) is 2.76. The molecule has 0 aliphatic carbocycles. The van der Waals surface area contributed by atoms with E-state index in [0.717, 1.165) is 6.07 Å². The number of halogens is 1. The number of rotatable bonds is 6. The summed E-state index contributed by atoms with van der Waals surface area (Å²) >= 11 is 0. The van der Waals surface area contributed by atoms with Crippen LogP contribution < -0.4 is 10.6 Å². The molecule has 0 radical (unpaired) electrons. The van der Waals surface area contributed by atoms with E-state index in [4.69, 9.17) is 0 Å². The number of nitrogens with one attached hydrogen (secondary N) is 2. The third-order valence-corrected chi connectivity index (χ3v) is 7.00. The lowest BCUT2D eigenvalue weighted by atomic mass is 10.1. The molecule has 0 aromatic heterocycles. The molecule has 2 N–H and O–H groups in total. The maximum atomic E-state index is 13.4. The fourth-order valence-electron chi connectivity index (χ4n) is 3.40. The van der Waals surface area contributed by atoms with E-state index in [1.165, 1.54) is 22.5 Å². The topological polar surface area (TPSA) is 98.8 Å². The largest absolute Gasteiger partial charge is 0.376 e. The van der Waals surface area contributed by atoms with Crippen LogP contribution in [0.5, 0.6) is 0 Å². The van der Waals surface area contributed by atoms with E-state index in [-0.39, 0.29) is 55.0 Å². The molecule has 0 spiro atoms. The lowest BCUT2D eigenvalue weighted by Crippen LogP contribution is -2.51. The van der Waals surface area contributed by atoms with Crippen LogP contribution in [0, 0.1) is 5.82 Å². The molecular weight excluding hydrogens is 447 g/mol. The van der Waals surface area contributed by atoms with Crippen LogP contribution in [0.3, 0.4) is 0 Å². The van der Waals surface area contributed by atoms with Crippen LogP contribution >= 0.6 is 0 Å². The number of amides is 2. The van der Waals surface area contributed by atoms with Crippen molar-refractivity contribution < 1.29 is 22.4 Å². The number of piperazine rings is 1. The van der Waals surface area contributed by atoms with Gasteiger partial charge in [-0.3, -0.25) is 9.59 Å². The molecule has 2 aromatic rings. The van der Waals surface area contributed by atoms with Crippen molar-refractivity contribution in [3.05, 3.63) is 59.9 Å². The standard InChI is InChI=1S/C23H29FN4O4S/c1-23(2,3)26-22(30)17-7-9-19(10-8-17)25-16-21(29)27-11-13-28(14-12-27)33(31,32)20-6-4-5-18(24)15-20/h4-10,15,25H,11-14,16H2,1-3H3,(H,26,30). The molecule has 0 saturated carbocycles. The van der Waals surface area contributed by atoms with Gasteiger partial charge in [-0.05, 0) is 63.2 Å². The summed E-state index contributed by atoms with van der Waals surface area (Å²) in [5.41, 5.74) is 0.890. The first-order chi connectivity index (χ1) is 15.5. The highest BCUT2D eigenvalue weighted by atomic mass is 32.2. The molecule has 3 rings (SSSR count). The zero-order chi connectivity index (χ0) is 24.2. The molecule has 1 saturated heterocycles. The summed E-state index contributed by atoms with van der Waals surface area (Å²) in [7, 11) is -3.80. The minimum atomic E-state index is -3.80. The zero-order valence-corrected chi connectivity index (χ0v) is 19.8. The maximum Gasteiger partial charge on any atom is 0.251 e. The Morgan fingerprint density at radius 3 is 2.21 bits per heavy atom. The Kier molecular flexibility index (Phi) is 7.38. The van der Waals surface area contributed by atoms with Gasteiger partial charge in [0.2, 0.25) is 15.9 Å². The smallest absolute Gasteiger partial charge is 0.251 e. The van der Waals surface area contributed by atoms with E-state index < -0.39 is 15.8 Å². The van der Waals surface area contributed by atoms with Crippen molar-refractivity contribution in [1.82, 2.24) is 14.5 Å². The van der Waals surface area contributed by atoms with E-state index in [0.29, 0.717) is 11.3 Å². The van der Waals surface area contributed by atoms with Crippen LogP contribution in [-0.2, 0) is 14.8 Å². The number of nitrogens with zero attached hydrogens (tertiary/aromatic N) is 2. The fourth-order valence-corrected chi connectivity index (χ4v) is 4.85. The quantitative estimate of drug-likeness (QED) is 0.667. The average molecular weight is 477 g/mol. The van der Waals surface area contributed by atoms with Crippen LogP contribution in [0.2, 0.25) is 0 Å². The van der Waals surface area contributed by atoms with Crippen LogP contribution in [-0.4, -0.2) is 67.7 Å². The van der Waals surface area contributed by atoms with Crippen LogP contribution in [0.25, 0.3) is 0 Å².